The molecule has 0 N–H and O–H groups in total. The molecule has 0 aliphatic carbocycles. The van der Waals surface area contributed by atoms with Gasteiger partial charge in [-0.3, -0.25) is 4.79 Å². The third kappa shape index (κ3) is 2.30. The van der Waals surface area contributed by atoms with Crippen molar-refractivity contribution < 1.29 is 18.0 Å². The molecule has 2 saturated heterocycles. The monoisotopic (exact) mass is 322 g/mol. The number of nitriles is 1. The predicted molar refractivity (Wildman–Crippen MR) is 77.1 cm³/mol. The molecule has 0 unspecified atom stereocenters. The van der Waals surface area contributed by atoms with E-state index in [0.717, 1.165) is 6.07 Å². The standard InChI is InChI=1S/C17H17F3N2O/c1-2-17(15(19)20)8-13-3-4-14(22(13)16(17)23)11-5-10(9-21)6-12(18)7-11/h5-7,13-15H,2-4,8H2,1H3/t13-,14-,17-/m1/s1. The molecule has 2 fully saturated rings. The summed E-state index contributed by atoms with van der Waals surface area (Å²) in [7, 11) is 0. The molecule has 23 heavy (non-hydrogen) atoms. The van der Waals surface area contributed by atoms with Gasteiger partial charge in [0.1, 0.15) is 11.2 Å². The average molecular weight is 322 g/mol. The fourth-order valence-electron chi connectivity index (χ4n) is 3.98. The fraction of sp³-hybridized carbons (Fsp3) is 0.529. The SMILES string of the molecule is CC[C@]1(C(F)F)C[C@H]2CC[C@H](c3cc(F)cc(C#N)c3)N2C1=O. The topological polar surface area (TPSA) is 44.1 Å². The maximum atomic E-state index is 13.7. The van der Waals surface area contributed by atoms with Crippen molar-refractivity contribution in [1.82, 2.24) is 4.90 Å². The summed E-state index contributed by atoms with van der Waals surface area (Å²) in [6.45, 7) is 1.61. The first kappa shape index (κ1) is 15.9. The number of fused-ring (bicyclic) bond motifs is 1. The van der Waals surface area contributed by atoms with Crippen LogP contribution in [0.2, 0.25) is 0 Å². The number of amides is 1. The number of alkyl halides is 2. The lowest BCUT2D eigenvalue weighted by Gasteiger charge is -2.29. The van der Waals surface area contributed by atoms with E-state index in [1.165, 1.54) is 17.0 Å². The van der Waals surface area contributed by atoms with Crippen molar-refractivity contribution in [2.75, 3.05) is 0 Å². The van der Waals surface area contributed by atoms with Gasteiger partial charge in [0.2, 0.25) is 5.91 Å². The molecule has 2 heterocycles. The van der Waals surface area contributed by atoms with Crippen LogP contribution in [0.4, 0.5) is 13.2 Å². The van der Waals surface area contributed by atoms with E-state index in [2.05, 4.69) is 0 Å². The Kier molecular flexibility index (Phi) is 3.83. The molecule has 2 aliphatic rings. The highest BCUT2D eigenvalue weighted by molar-refractivity contribution is 5.86. The van der Waals surface area contributed by atoms with Crippen LogP contribution in [0.1, 0.15) is 49.8 Å². The van der Waals surface area contributed by atoms with Crippen LogP contribution in [0.15, 0.2) is 18.2 Å². The molecule has 1 aromatic rings. The molecular weight excluding hydrogens is 305 g/mol. The summed E-state index contributed by atoms with van der Waals surface area (Å²) in [6.07, 6.45) is -1.22. The highest BCUT2D eigenvalue weighted by atomic mass is 19.3. The molecule has 3 atom stereocenters. The number of carbonyl (C=O) groups is 1. The molecule has 1 aromatic carbocycles. The number of benzene rings is 1. The third-order valence-corrected chi connectivity index (χ3v) is 5.25. The van der Waals surface area contributed by atoms with Gasteiger partial charge in [0.05, 0.1) is 17.7 Å². The van der Waals surface area contributed by atoms with Gasteiger partial charge in [0.25, 0.3) is 6.43 Å². The zero-order valence-electron chi connectivity index (χ0n) is 12.7. The van der Waals surface area contributed by atoms with E-state index in [1.54, 1.807) is 6.92 Å². The number of hydrogen-bond acceptors (Lipinski definition) is 2. The van der Waals surface area contributed by atoms with Gasteiger partial charge in [0, 0.05) is 6.04 Å². The Hall–Kier alpha value is -2.03. The Labute approximate surface area is 132 Å². The number of rotatable bonds is 3. The number of nitrogens with zero attached hydrogens (tertiary/aromatic N) is 2. The van der Waals surface area contributed by atoms with Gasteiger partial charge in [0.15, 0.2) is 0 Å². The minimum Gasteiger partial charge on any atom is -0.332 e. The van der Waals surface area contributed by atoms with Crippen molar-refractivity contribution in [3.8, 4) is 6.07 Å². The molecule has 6 heteroatoms. The Morgan fingerprint density at radius 3 is 2.74 bits per heavy atom. The maximum Gasteiger partial charge on any atom is 0.252 e. The second-order valence-electron chi connectivity index (χ2n) is 6.36. The van der Waals surface area contributed by atoms with Crippen molar-refractivity contribution in [3.05, 3.63) is 35.1 Å². The van der Waals surface area contributed by atoms with Gasteiger partial charge in [-0.2, -0.15) is 5.26 Å². The van der Waals surface area contributed by atoms with Crippen LogP contribution in [0.25, 0.3) is 0 Å². The summed E-state index contributed by atoms with van der Waals surface area (Å²) in [5.74, 6) is -1.09. The van der Waals surface area contributed by atoms with Crippen LogP contribution < -0.4 is 0 Å². The molecule has 3 rings (SSSR count). The lowest BCUT2D eigenvalue weighted by Crippen LogP contribution is -2.40. The highest BCUT2D eigenvalue weighted by Crippen LogP contribution is 2.52. The number of halogens is 3. The van der Waals surface area contributed by atoms with E-state index in [1.807, 2.05) is 6.07 Å². The van der Waals surface area contributed by atoms with Crippen molar-refractivity contribution in [1.29, 1.82) is 5.26 Å². The lowest BCUT2D eigenvalue weighted by atomic mass is 9.81. The normalized spacial score (nSPS) is 29.9. The zero-order valence-corrected chi connectivity index (χ0v) is 12.7. The van der Waals surface area contributed by atoms with Gasteiger partial charge in [-0.05, 0) is 49.4 Å². The van der Waals surface area contributed by atoms with E-state index in [4.69, 9.17) is 5.26 Å². The molecule has 0 radical (unpaired) electrons. The second-order valence-corrected chi connectivity index (χ2v) is 6.36. The van der Waals surface area contributed by atoms with Crippen LogP contribution in [-0.4, -0.2) is 23.3 Å². The Morgan fingerprint density at radius 1 is 1.39 bits per heavy atom. The van der Waals surface area contributed by atoms with Crippen LogP contribution in [0.5, 0.6) is 0 Å². The van der Waals surface area contributed by atoms with Crippen molar-refractivity contribution in [2.45, 2.75) is 51.1 Å². The first-order valence-corrected chi connectivity index (χ1v) is 7.74. The Bertz CT molecular complexity index is 685. The van der Waals surface area contributed by atoms with Gasteiger partial charge in [-0.25, -0.2) is 13.2 Å². The fourth-order valence-corrected chi connectivity index (χ4v) is 3.98. The second kappa shape index (κ2) is 5.55. The predicted octanol–water partition coefficient (Wildman–Crippen LogP) is 3.79. The quantitative estimate of drug-likeness (QED) is 0.850. The summed E-state index contributed by atoms with van der Waals surface area (Å²) in [5.41, 5.74) is -0.932. The van der Waals surface area contributed by atoms with Gasteiger partial charge >= 0.3 is 0 Å². The molecule has 1 amide bonds. The number of carbonyl (C=O) groups excluding carboxylic acids is 1. The van der Waals surface area contributed by atoms with Crippen LogP contribution in [0.3, 0.4) is 0 Å². The van der Waals surface area contributed by atoms with E-state index < -0.39 is 29.6 Å². The molecule has 0 saturated carbocycles. The zero-order chi connectivity index (χ0) is 16.8. The molecule has 3 nitrogen and oxygen atoms in total. The minimum absolute atomic E-state index is 0.0931. The van der Waals surface area contributed by atoms with Crippen molar-refractivity contribution in [2.24, 2.45) is 5.41 Å². The Morgan fingerprint density at radius 2 is 2.13 bits per heavy atom. The van der Waals surface area contributed by atoms with Gasteiger partial charge in [-0.1, -0.05) is 6.92 Å². The van der Waals surface area contributed by atoms with Gasteiger partial charge < -0.3 is 4.90 Å². The Balaban J connectivity index is 1.98. The summed E-state index contributed by atoms with van der Waals surface area (Å²) in [6, 6.07) is 5.18. The summed E-state index contributed by atoms with van der Waals surface area (Å²) < 4.78 is 40.7. The van der Waals surface area contributed by atoms with E-state index in [0.29, 0.717) is 18.4 Å². The van der Waals surface area contributed by atoms with Crippen LogP contribution >= 0.6 is 0 Å². The van der Waals surface area contributed by atoms with E-state index in [9.17, 15) is 18.0 Å². The molecule has 122 valence electrons. The van der Waals surface area contributed by atoms with Crippen LogP contribution in [-0.2, 0) is 4.79 Å². The van der Waals surface area contributed by atoms with Gasteiger partial charge in [-0.15, -0.1) is 0 Å². The first-order chi connectivity index (χ1) is 10.9. The molecule has 0 bridgehead atoms. The van der Waals surface area contributed by atoms with Crippen molar-refractivity contribution in [3.63, 3.8) is 0 Å². The molecule has 0 aromatic heterocycles. The molecule has 2 aliphatic heterocycles. The maximum absolute atomic E-state index is 13.7. The molecular formula is C17H17F3N2O. The summed E-state index contributed by atoms with van der Waals surface area (Å²) >= 11 is 0. The highest BCUT2D eigenvalue weighted by Gasteiger charge is 2.59. The largest absolute Gasteiger partial charge is 0.332 e. The summed E-state index contributed by atoms with van der Waals surface area (Å²) in [4.78, 5) is 14.2. The average Bonchev–Trinajstić information content (AvgIpc) is 3.05. The van der Waals surface area contributed by atoms with E-state index >= 15 is 0 Å². The minimum atomic E-state index is -2.70. The number of hydrogen-bond donors (Lipinski definition) is 0. The van der Waals surface area contributed by atoms with Crippen LogP contribution in [0, 0.1) is 22.6 Å². The summed E-state index contributed by atoms with van der Waals surface area (Å²) in [5, 5.41) is 8.97. The van der Waals surface area contributed by atoms with E-state index in [-0.39, 0.29) is 24.4 Å². The van der Waals surface area contributed by atoms with Crippen molar-refractivity contribution >= 4 is 5.91 Å². The third-order valence-electron chi connectivity index (χ3n) is 5.25. The smallest absolute Gasteiger partial charge is 0.252 e. The molecule has 0 spiro atoms. The lowest BCUT2D eigenvalue weighted by molar-refractivity contribution is -0.146. The first-order valence-electron chi connectivity index (χ1n) is 7.74.